The summed E-state index contributed by atoms with van der Waals surface area (Å²) in [6, 6.07) is 0. The molecule has 0 aromatic heterocycles. The number of carbonyl (C=O) groups is 1. The van der Waals surface area contributed by atoms with E-state index >= 15 is 0 Å². The Morgan fingerprint density at radius 3 is 2.62 bits per heavy atom. The van der Waals surface area contributed by atoms with Gasteiger partial charge in [0.1, 0.15) is 0 Å². The minimum Gasteiger partial charge on any atom is -0.481 e. The molecule has 2 fully saturated rings. The normalized spacial score (nSPS) is 29.2. The van der Waals surface area contributed by atoms with Crippen LogP contribution in [-0.2, 0) is 9.53 Å². The summed E-state index contributed by atoms with van der Waals surface area (Å²) in [4.78, 5) is 10.5. The highest BCUT2D eigenvalue weighted by molar-refractivity contribution is 7.99. The van der Waals surface area contributed by atoms with E-state index in [2.05, 4.69) is 43.0 Å². The molecular weight excluding hydrogens is 320 g/mol. The van der Waals surface area contributed by atoms with Gasteiger partial charge in [0.15, 0.2) is 0 Å². The summed E-state index contributed by atoms with van der Waals surface area (Å²) in [6.07, 6.45) is 17.7. The molecular formula is C20H32O3S. The number of unbranched alkanes of at least 4 members (excludes halogenated alkanes) is 1. The first-order valence-corrected chi connectivity index (χ1v) is 10.6. The van der Waals surface area contributed by atoms with Gasteiger partial charge in [0.05, 0.1) is 12.2 Å². The maximum absolute atomic E-state index is 10.5. The highest BCUT2D eigenvalue weighted by atomic mass is 32.2. The van der Waals surface area contributed by atoms with Gasteiger partial charge in [-0.15, -0.1) is 0 Å². The van der Waals surface area contributed by atoms with Crippen LogP contribution in [0.15, 0.2) is 24.3 Å². The summed E-state index contributed by atoms with van der Waals surface area (Å²) < 4.78 is 6.16. The quantitative estimate of drug-likeness (QED) is 0.393. The third kappa shape index (κ3) is 6.29. The largest absolute Gasteiger partial charge is 0.481 e. The van der Waals surface area contributed by atoms with Crippen LogP contribution in [0.1, 0.15) is 58.3 Å². The zero-order chi connectivity index (χ0) is 17.2. The third-order valence-electron chi connectivity index (χ3n) is 5.07. The van der Waals surface area contributed by atoms with Gasteiger partial charge in [-0.2, -0.15) is 11.8 Å². The number of hydrogen-bond donors (Lipinski definition) is 1. The summed E-state index contributed by atoms with van der Waals surface area (Å²) >= 11 is 2.07. The number of rotatable bonds is 12. The third-order valence-corrected chi connectivity index (χ3v) is 6.21. The van der Waals surface area contributed by atoms with Crippen molar-refractivity contribution in [3.8, 4) is 0 Å². The lowest BCUT2D eigenvalue weighted by atomic mass is 9.78. The Labute approximate surface area is 150 Å². The van der Waals surface area contributed by atoms with E-state index in [1.807, 2.05) is 0 Å². The number of fused-ring (bicyclic) bond motifs is 2. The van der Waals surface area contributed by atoms with Crippen LogP contribution in [0.3, 0.4) is 0 Å². The van der Waals surface area contributed by atoms with Crippen LogP contribution in [0.2, 0.25) is 0 Å². The number of carboxylic acids is 1. The second-order valence-electron chi connectivity index (χ2n) is 6.85. The number of hydrogen-bond acceptors (Lipinski definition) is 3. The molecule has 2 rings (SSSR count). The second-order valence-corrected chi connectivity index (χ2v) is 8.00. The zero-order valence-corrected chi connectivity index (χ0v) is 15.7. The van der Waals surface area contributed by atoms with Crippen LogP contribution in [0.5, 0.6) is 0 Å². The summed E-state index contributed by atoms with van der Waals surface area (Å²) in [5.41, 5.74) is 0. The molecule has 2 aliphatic heterocycles. The first-order valence-electron chi connectivity index (χ1n) is 9.47. The molecule has 0 spiro atoms. The van der Waals surface area contributed by atoms with Crippen molar-refractivity contribution in [3.05, 3.63) is 24.3 Å². The van der Waals surface area contributed by atoms with Crippen LogP contribution in [0.4, 0.5) is 0 Å². The fourth-order valence-corrected chi connectivity index (χ4v) is 5.03. The molecule has 0 aliphatic carbocycles. The minimum atomic E-state index is -0.698. The van der Waals surface area contributed by atoms with Gasteiger partial charge in [-0.3, -0.25) is 4.79 Å². The summed E-state index contributed by atoms with van der Waals surface area (Å²) in [6.45, 7) is 2.18. The molecule has 136 valence electrons. The van der Waals surface area contributed by atoms with E-state index in [1.54, 1.807) is 0 Å². The van der Waals surface area contributed by atoms with E-state index in [4.69, 9.17) is 9.84 Å². The molecule has 4 atom stereocenters. The molecule has 2 aliphatic rings. The zero-order valence-electron chi connectivity index (χ0n) is 14.9. The van der Waals surface area contributed by atoms with Crippen molar-refractivity contribution in [2.45, 2.75) is 70.5 Å². The molecule has 2 heterocycles. The maximum Gasteiger partial charge on any atom is 0.303 e. The second kappa shape index (κ2) is 11.0. The molecule has 2 bridgehead atoms. The first kappa shape index (κ1) is 19.6. The minimum absolute atomic E-state index is 0.271. The van der Waals surface area contributed by atoms with Gasteiger partial charge in [-0.25, -0.2) is 0 Å². The van der Waals surface area contributed by atoms with E-state index < -0.39 is 5.97 Å². The number of allylic oxidation sites excluding steroid dienone is 4. The average Bonchev–Trinajstić information content (AvgIpc) is 3.15. The topological polar surface area (TPSA) is 46.5 Å². The Kier molecular flexibility index (Phi) is 8.97. The van der Waals surface area contributed by atoms with Crippen molar-refractivity contribution in [3.63, 3.8) is 0 Å². The van der Waals surface area contributed by atoms with Gasteiger partial charge in [0.25, 0.3) is 0 Å². The lowest BCUT2D eigenvalue weighted by molar-refractivity contribution is -0.137. The molecule has 3 nitrogen and oxygen atoms in total. The Morgan fingerprint density at radius 1 is 1.12 bits per heavy atom. The fraction of sp³-hybridized carbons (Fsp3) is 0.750. The van der Waals surface area contributed by atoms with Gasteiger partial charge in [-0.1, -0.05) is 31.2 Å². The van der Waals surface area contributed by atoms with Crippen LogP contribution >= 0.6 is 11.8 Å². The molecule has 0 aromatic carbocycles. The van der Waals surface area contributed by atoms with E-state index in [0.29, 0.717) is 24.0 Å². The standard InChI is InChI=1S/C20H32O3S/c1-2-3-4-9-14-24-15-17-16(18-12-13-19(17)23-18)10-7-5-6-8-11-20(21)22/h3-5,7,16-19H,2,6,8-15H2,1H3,(H,21,22)/b4-3-,7-5-/t16-,17+,18-,19+/m0/s1. The van der Waals surface area contributed by atoms with Crippen molar-refractivity contribution in [2.24, 2.45) is 11.8 Å². The average molecular weight is 353 g/mol. The van der Waals surface area contributed by atoms with Crippen molar-refractivity contribution >= 4 is 17.7 Å². The predicted octanol–water partition coefficient (Wildman–Crippen LogP) is 5.07. The van der Waals surface area contributed by atoms with Gasteiger partial charge < -0.3 is 9.84 Å². The monoisotopic (exact) mass is 352 g/mol. The fourth-order valence-electron chi connectivity index (χ4n) is 3.83. The number of aliphatic carboxylic acids is 1. The number of thioether (sulfide) groups is 1. The van der Waals surface area contributed by atoms with Crippen molar-refractivity contribution in [1.82, 2.24) is 0 Å². The van der Waals surface area contributed by atoms with E-state index in [-0.39, 0.29) is 6.42 Å². The number of carboxylic acid groups (broad SMARTS) is 1. The molecule has 0 radical (unpaired) electrons. The van der Waals surface area contributed by atoms with Crippen molar-refractivity contribution in [1.29, 1.82) is 0 Å². The lowest BCUT2D eigenvalue weighted by Crippen LogP contribution is -2.28. The molecule has 0 unspecified atom stereocenters. The molecule has 24 heavy (non-hydrogen) atoms. The Balaban J connectivity index is 1.68. The SMILES string of the molecule is CC/C=C\CCSC[C@@H]1[C@H](C/C=C\CCCC(=O)O)[C@@H]2CC[C@H]1O2. The van der Waals surface area contributed by atoms with Crippen LogP contribution in [-0.4, -0.2) is 34.8 Å². The van der Waals surface area contributed by atoms with Gasteiger partial charge in [0.2, 0.25) is 0 Å². The first-order chi connectivity index (χ1) is 11.7. The maximum atomic E-state index is 10.5. The molecule has 0 saturated carbocycles. The summed E-state index contributed by atoms with van der Waals surface area (Å²) in [7, 11) is 0. The van der Waals surface area contributed by atoms with Gasteiger partial charge >= 0.3 is 5.97 Å². The summed E-state index contributed by atoms with van der Waals surface area (Å²) in [5, 5.41) is 8.65. The molecule has 2 saturated heterocycles. The van der Waals surface area contributed by atoms with E-state index in [9.17, 15) is 4.79 Å². The van der Waals surface area contributed by atoms with E-state index in [1.165, 1.54) is 30.8 Å². The van der Waals surface area contributed by atoms with Gasteiger partial charge in [-0.05, 0) is 68.3 Å². The van der Waals surface area contributed by atoms with Crippen LogP contribution < -0.4 is 0 Å². The molecule has 0 amide bonds. The Bertz CT molecular complexity index is 433. The van der Waals surface area contributed by atoms with E-state index in [0.717, 1.165) is 25.7 Å². The number of ether oxygens (including phenoxy) is 1. The van der Waals surface area contributed by atoms with Crippen LogP contribution in [0.25, 0.3) is 0 Å². The van der Waals surface area contributed by atoms with Crippen molar-refractivity contribution in [2.75, 3.05) is 11.5 Å². The highest BCUT2D eigenvalue weighted by Crippen LogP contribution is 2.46. The highest BCUT2D eigenvalue weighted by Gasteiger charge is 2.47. The van der Waals surface area contributed by atoms with Crippen LogP contribution in [0, 0.1) is 11.8 Å². The lowest BCUT2D eigenvalue weighted by Gasteiger charge is -2.26. The van der Waals surface area contributed by atoms with Crippen molar-refractivity contribution < 1.29 is 14.6 Å². The molecule has 1 N–H and O–H groups in total. The van der Waals surface area contributed by atoms with Gasteiger partial charge in [0, 0.05) is 6.42 Å². The Hall–Kier alpha value is -0.740. The predicted molar refractivity (Wildman–Crippen MR) is 101 cm³/mol. The summed E-state index contributed by atoms with van der Waals surface area (Å²) in [5.74, 6) is 3.10. The smallest absolute Gasteiger partial charge is 0.303 e. The molecule has 4 heteroatoms. The molecule has 0 aromatic rings. The Morgan fingerprint density at radius 2 is 1.88 bits per heavy atom.